The van der Waals surface area contributed by atoms with Gasteiger partial charge in [-0.15, -0.1) is 0 Å². The summed E-state index contributed by atoms with van der Waals surface area (Å²) in [6.07, 6.45) is 1.29. The Balaban J connectivity index is 2.76. The highest BCUT2D eigenvalue weighted by Gasteiger charge is 2.18. The molecule has 0 saturated heterocycles. The first-order valence-corrected chi connectivity index (χ1v) is 10.1. The van der Waals surface area contributed by atoms with Gasteiger partial charge >= 0.3 is 0 Å². The third-order valence-corrected chi connectivity index (χ3v) is 4.80. The van der Waals surface area contributed by atoms with Gasteiger partial charge in [-0.1, -0.05) is 0 Å². The summed E-state index contributed by atoms with van der Waals surface area (Å²) in [5.74, 6) is -1.79. The second-order valence-electron chi connectivity index (χ2n) is 4.32. The first-order chi connectivity index (χ1) is 9.50. The molecule has 0 spiro atoms. The molecule has 0 aliphatic carbocycles. The van der Waals surface area contributed by atoms with Gasteiger partial charge in [0.1, 0.15) is 20.5 Å². The molecule has 1 aromatic carbocycles. The highest BCUT2D eigenvalue weighted by molar-refractivity contribution is 8.13. The summed E-state index contributed by atoms with van der Waals surface area (Å²) in [4.78, 5) is 11.0. The quantitative estimate of drug-likeness (QED) is 0.603. The van der Waals surface area contributed by atoms with Crippen LogP contribution >= 0.6 is 10.7 Å². The van der Waals surface area contributed by atoms with Crippen LogP contribution in [0.15, 0.2) is 23.1 Å². The smallest absolute Gasteiger partial charge is 0.264 e. The molecule has 0 saturated carbocycles. The topological polar surface area (TPSA) is 97.4 Å². The van der Waals surface area contributed by atoms with Crippen LogP contribution < -0.4 is 5.32 Å². The molecule has 0 radical (unpaired) electrons. The number of benzene rings is 1. The van der Waals surface area contributed by atoms with Crippen LogP contribution in [0.25, 0.3) is 0 Å². The van der Waals surface area contributed by atoms with Gasteiger partial charge in [-0.3, -0.25) is 4.79 Å². The molecular formula is C11H13ClFNO5S2. The third-order valence-electron chi connectivity index (χ3n) is 2.43. The van der Waals surface area contributed by atoms with Gasteiger partial charge in [0.2, 0.25) is 0 Å². The first kappa shape index (κ1) is 17.9. The number of halogens is 2. The number of carbonyl (C=O) groups is 1. The molecule has 1 rings (SSSR count). The normalized spacial score (nSPS) is 12.1. The number of amides is 1. The Bertz CT molecular complexity index is 746. The lowest BCUT2D eigenvalue weighted by Gasteiger charge is -2.06. The Morgan fingerprint density at radius 2 is 1.90 bits per heavy atom. The Kier molecular flexibility index (Phi) is 5.71. The highest BCUT2D eigenvalue weighted by atomic mass is 35.7. The van der Waals surface area contributed by atoms with Gasteiger partial charge < -0.3 is 5.32 Å². The van der Waals surface area contributed by atoms with Crippen LogP contribution in [-0.4, -0.2) is 41.3 Å². The van der Waals surface area contributed by atoms with Gasteiger partial charge in [-0.05, 0) is 24.6 Å². The van der Waals surface area contributed by atoms with Crippen LogP contribution in [-0.2, 0) is 18.9 Å². The van der Waals surface area contributed by atoms with Crippen molar-refractivity contribution in [1.29, 1.82) is 0 Å². The summed E-state index contributed by atoms with van der Waals surface area (Å²) in [7, 11) is -2.36. The van der Waals surface area contributed by atoms with E-state index in [-0.39, 0.29) is 24.3 Å². The number of nitrogens with one attached hydrogen (secondary N) is 1. The lowest BCUT2D eigenvalue weighted by molar-refractivity contribution is 0.0953. The van der Waals surface area contributed by atoms with E-state index in [1.807, 2.05) is 0 Å². The molecule has 0 aliphatic rings. The second kappa shape index (κ2) is 6.71. The van der Waals surface area contributed by atoms with Crippen molar-refractivity contribution in [2.75, 3.05) is 18.6 Å². The molecule has 0 heterocycles. The summed E-state index contributed by atoms with van der Waals surface area (Å²) in [6.45, 7) is 0.0895. The van der Waals surface area contributed by atoms with Crippen molar-refractivity contribution < 1.29 is 26.0 Å². The largest absolute Gasteiger partial charge is 0.352 e. The van der Waals surface area contributed by atoms with Crippen LogP contribution in [0.1, 0.15) is 16.8 Å². The molecule has 1 aromatic rings. The summed E-state index contributed by atoms with van der Waals surface area (Å²) < 4.78 is 57.4. The van der Waals surface area contributed by atoms with Gasteiger partial charge in [-0.2, -0.15) is 0 Å². The van der Waals surface area contributed by atoms with E-state index < -0.39 is 35.5 Å². The lowest BCUT2D eigenvalue weighted by Crippen LogP contribution is -2.26. The van der Waals surface area contributed by atoms with Gasteiger partial charge in [0, 0.05) is 29.0 Å². The van der Waals surface area contributed by atoms with E-state index in [4.69, 9.17) is 10.7 Å². The fraction of sp³-hybridized carbons (Fsp3) is 0.364. The minimum absolute atomic E-state index is 0.0853. The zero-order chi connectivity index (χ0) is 16.3. The summed E-state index contributed by atoms with van der Waals surface area (Å²) in [6, 6.07) is 2.75. The highest BCUT2D eigenvalue weighted by Crippen LogP contribution is 2.20. The maximum atomic E-state index is 13.3. The monoisotopic (exact) mass is 357 g/mol. The predicted molar refractivity (Wildman–Crippen MR) is 76.1 cm³/mol. The molecule has 0 bridgehead atoms. The Morgan fingerprint density at radius 1 is 1.29 bits per heavy atom. The average Bonchev–Trinajstić information content (AvgIpc) is 2.32. The van der Waals surface area contributed by atoms with E-state index in [2.05, 4.69) is 5.32 Å². The van der Waals surface area contributed by atoms with Gasteiger partial charge in [0.05, 0.1) is 5.75 Å². The molecule has 1 N–H and O–H groups in total. The van der Waals surface area contributed by atoms with E-state index in [0.717, 1.165) is 24.5 Å². The van der Waals surface area contributed by atoms with Crippen molar-refractivity contribution in [2.45, 2.75) is 11.3 Å². The maximum Gasteiger partial charge on any atom is 0.264 e. The molecule has 1 amide bonds. The Labute approximate surface area is 126 Å². The zero-order valence-electron chi connectivity index (χ0n) is 11.0. The summed E-state index contributed by atoms with van der Waals surface area (Å²) in [5.41, 5.74) is -0.0880. The standard InChI is InChI=1S/C11H13ClFNO5S2/c1-20(16,17)6-2-5-14-11(15)8-3-4-9(13)10(7-8)21(12,18)19/h3-4,7H,2,5-6H2,1H3,(H,14,15). The van der Waals surface area contributed by atoms with Crippen molar-refractivity contribution in [1.82, 2.24) is 5.32 Å². The second-order valence-corrected chi connectivity index (χ2v) is 9.12. The molecule has 0 atom stereocenters. The number of hydrogen-bond acceptors (Lipinski definition) is 5. The predicted octanol–water partition coefficient (Wildman–Crippen LogP) is 0.918. The number of rotatable bonds is 6. The minimum Gasteiger partial charge on any atom is -0.352 e. The van der Waals surface area contributed by atoms with Crippen molar-refractivity contribution in [3.63, 3.8) is 0 Å². The summed E-state index contributed by atoms with van der Waals surface area (Å²) >= 11 is 0. The number of carbonyl (C=O) groups excluding carboxylic acids is 1. The zero-order valence-corrected chi connectivity index (χ0v) is 13.4. The number of hydrogen-bond donors (Lipinski definition) is 1. The van der Waals surface area contributed by atoms with Crippen molar-refractivity contribution in [3.8, 4) is 0 Å². The first-order valence-electron chi connectivity index (χ1n) is 5.71. The van der Waals surface area contributed by atoms with Crippen molar-refractivity contribution >= 4 is 35.5 Å². The SMILES string of the molecule is CS(=O)(=O)CCCNC(=O)c1ccc(F)c(S(=O)(=O)Cl)c1. The Hall–Kier alpha value is -1.19. The van der Waals surface area contributed by atoms with Crippen LogP contribution in [0, 0.1) is 5.82 Å². The fourth-order valence-electron chi connectivity index (χ4n) is 1.47. The molecule has 6 nitrogen and oxygen atoms in total. The van der Waals surface area contributed by atoms with Crippen molar-refractivity contribution in [2.24, 2.45) is 0 Å². The molecular weight excluding hydrogens is 345 g/mol. The fourth-order valence-corrected chi connectivity index (χ4v) is 3.06. The summed E-state index contributed by atoms with van der Waals surface area (Å²) in [5, 5.41) is 2.41. The molecule has 118 valence electrons. The third kappa shape index (κ3) is 5.98. The van der Waals surface area contributed by atoms with Gasteiger partial charge in [0.25, 0.3) is 15.0 Å². The van der Waals surface area contributed by atoms with Crippen LogP contribution in [0.4, 0.5) is 4.39 Å². The van der Waals surface area contributed by atoms with Crippen LogP contribution in [0.2, 0.25) is 0 Å². The number of sulfone groups is 1. The lowest BCUT2D eigenvalue weighted by atomic mass is 10.2. The van der Waals surface area contributed by atoms with Gasteiger partial charge in [0.15, 0.2) is 0 Å². The molecule has 0 fully saturated rings. The van der Waals surface area contributed by atoms with Gasteiger partial charge in [-0.25, -0.2) is 21.2 Å². The molecule has 0 aliphatic heterocycles. The van der Waals surface area contributed by atoms with Crippen LogP contribution in [0.5, 0.6) is 0 Å². The van der Waals surface area contributed by atoms with E-state index >= 15 is 0 Å². The Morgan fingerprint density at radius 3 is 2.43 bits per heavy atom. The molecule has 0 unspecified atom stereocenters. The van der Waals surface area contributed by atoms with E-state index in [0.29, 0.717) is 0 Å². The van der Waals surface area contributed by atoms with Crippen molar-refractivity contribution in [3.05, 3.63) is 29.6 Å². The molecule has 10 heteroatoms. The average molecular weight is 358 g/mol. The molecule has 21 heavy (non-hydrogen) atoms. The van der Waals surface area contributed by atoms with Crippen LogP contribution in [0.3, 0.4) is 0 Å². The van der Waals surface area contributed by atoms with E-state index in [9.17, 15) is 26.0 Å². The maximum absolute atomic E-state index is 13.3. The molecule has 0 aromatic heterocycles. The minimum atomic E-state index is -4.30. The van der Waals surface area contributed by atoms with E-state index in [1.54, 1.807) is 0 Å². The van der Waals surface area contributed by atoms with E-state index in [1.165, 1.54) is 0 Å².